The number of aromatic nitrogens is 3. The Labute approximate surface area is 259 Å². The summed E-state index contributed by atoms with van der Waals surface area (Å²) in [6.07, 6.45) is 9.64. The number of anilines is 1. The normalized spacial score (nSPS) is 18.3. The fourth-order valence-electron chi connectivity index (χ4n) is 7.47. The number of rotatable bonds is 6. The maximum Gasteiger partial charge on any atom is 0.268 e. The molecule has 4 aromatic rings. The lowest BCUT2D eigenvalue weighted by Gasteiger charge is -2.30. The standard InChI is InChI=1S/C34H36FN5O3S/c1-37-17-21(12-20(33(37)42)13-23-16-25-18-38(24-6-7-24)10-11-40(25)36-23)28-14-22(35)15-30(29(28)19-41)39-9-8-27-26-4-2-3-5-31(26)44-32(27)34(39)43/h12,14-17,24,41H,2-11,13,18-19H2,1H3. The summed E-state index contributed by atoms with van der Waals surface area (Å²) in [4.78, 5) is 33.3. The molecule has 228 valence electrons. The Balaban J connectivity index is 1.14. The number of nitrogens with zero attached hydrogens (tertiary/aromatic N) is 5. The predicted octanol–water partition coefficient (Wildman–Crippen LogP) is 4.59. The maximum absolute atomic E-state index is 15.3. The first-order valence-electron chi connectivity index (χ1n) is 15.8. The minimum absolute atomic E-state index is 0.123. The SMILES string of the molecule is Cn1cc(-c2cc(F)cc(N3CCc4c(sc5c4CCCC5)C3=O)c2CO)cc(Cc2cc3n(n2)CCN(C2CC2)C3)c1=O. The van der Waals surface area contributed by atoms with Crippen LogP contribution in [0.4, 0.5) is 10.1 Å². The van der Waals surface area contributed by atoms with E-state index in [1.165, 1.54) is 45.7 Å². The Morgan fingerprint density at radius 1 is 1.02 bits per heavy atom. The first kappa shape index (κ1) is 27.9. The van der Waals surface area contributed by atoms with Crippen molar-refractivity contribution in [3.8, 4) is 11.1 Å². The van der Waals surface area contributed by atoms with Crippen LogP contribution in [0, 0.1) is 5.82 Å². The van der Waals surface area contributed by atoms with Gasteiger partial charge in [0.1, 0.15) is 5.82 Å². The molecule has 1 fully saturated rings. The van der Waals surface area contributed by atoms with Crippen LogP contribution in [0.5, 0.6) is 0 Å². The molecule has 0 radical (unpaired) electrons. The fraction of sp³-hybridized carbons (Fsp3) is 0.441. The molecule has 44 heavy (non-hydrogen) atoms. The third kappa shape index (κ3) is 4.74. The number of carbonyl (C=O) groups is 1. The molecule has 8 rings (SSSR count). The van der Waals surface area contributed by atoms with Crippen molar-refractivity contribution < 1.29 is 14.3 Å². The number of pyridine rings is 1. The molecule has 0 spiro atoms. The molecule has 10 heteroatoms. The second kappa shape index (κ2) is 10.8. The molecule has 4 aliphatic rings. The van der Waals surface area contributed by atoms with Gasteiger partial charge in [-0.2, -0.15) is 5.10 Å². The summed E-state index contributed by atoms with van der Waals surface area (Å²) >= 11 is 1.59. The lowest BCUT2D eigenvalue weighted by molar-refractivity contribution is 0.0984. The molecule has 1 saturated carbocycles. The zero-order chi connectivity index (χ0) is 30.1. The van der Waals surface area contributed by atoms with Crippen LogP contribution in [0.3, 0.4) is 0 Å². The van der Waals surface area contributed by atoms with Gasteiger partial charge in [0, 0.05) is 61.3 Å². The number of amides is 1. The van der Waals surface area contributed by atoms with Gasteiger partial charge in [0.15, 0.2) is 0 Å². The summed E-state index contributed by atoms with van der Waals surface area (Å²) in [5.74, 6) is -0.615. The highest BCUT2D eigenvalue weighted by Crippen LogP contribution is 2.41. The van der Waals surface area contributed by atoms with E-state index in [0.29, 0.717) is 46.9 Å². The van der Waals surface area contributed by atoms with Crippen molar-refractivity contribution in [2.45, 2.75) is 77.1 Å². The van der Waals surface area contributed by atoms with E-state index in [9.17, 15) is 14.7 Å². The minimum atomic E-state index is -0.492. The van der Waals surface area contributed by atoms with Crippen LogP contribution in [0.2, 0.25) is 0 Å². The number of benzene rings is 1. The number of fused-ring (bicyclic) bond motifs is 4. The van der Waals surface area contributed by atoms with Gasteiger partial charge in [-0.1, -0.05) is 0 Å². The molecule has 1 amide bonds. The second-order valence-corrected chi connectivity index (χ2v) is 13.8. The lowest BCUT2D eigenvalue weighted by Crippen LogP contribution is -2.37. The van der Waals surface area contributed by atoms with Gasteiger partial charge in [0.05, 0.1) is 35.1 Å². The molecule has 5 heterocycles. The van der Waals surface area contributed by atoms with Gasteiger partial charge in [0.25, 0.3) is 11.5 Å². The average molecular weight is 614 g/mol. The van der Waals surface area contributed by atoms with E-state index in [4.69, 9.17) is 5.10 Å². The highest BCUT2D eigenvalue weighted by atomic mass is 32.1. The van der Waals surface area contributed by atoms with Gasteiger partial charge in [0.2, 0.25) is 0 Å². The van der Waals surface area contributed by atoms with Crippen LogP contribution in [-0.2, 0) is 52.4 Å². The fourth-order valence-corrected chi connectivity index (χ4v) is 8.85. The second-order valence-electron chi connectivity index (χ2n) is 12.7. The van der Waals surface area contributed by atoms with Crippen molar-refractivity contribution in [1.29, 1.82) is 0 Å². The van der Waals surface area contributed by atoms with E-state index >= 15 is 4.39 Å². The zero-order valence-corrected chi connectivity index (χ0v) is 25.8. The van der Waals surface area contributed by atoms with Crippen molar-refractivity contribution in [3.05, 3.63) is 90.0 Å². The number of carbonyl (C=O) groups excluding carboxylic acids is 1. The van der Waals surface area contributed by atoms with Crippen molar-refractivity contribution in [2.24, 2.45) is 7.05 Å². The third-order valence-corrected chi connectivity index (χ3v) is 11.1. The number of thiophene rings is 1. The molecule has 8 nitrogen and oxygen atoms in total. The Morgan fingerprint density at radius 3 is 2.68 bits per heavy atom. The van der Waals surface area contributed by atoms with E-state index in [-0.39, 0.29) is 18.1 Å². The number of aliphatic hydroxyl groups is 1. The monoisotopic (exact) mass is 613 g/mol. The molecule has 0 atom stereocenters. The summed E-state index contributed by atoms with van der Waals surface area (Å²) in [5, 5.41) is 15.4. The molecule has 1 N–H and O–H groups in total. The van der Waals surface area contributed by atoms with Crippen molar-refractivity contribution in [1.82, 2.24) is 19.2 Å². The predicted molar refractivity (Wildman–Crippen MR) is 168 cm³/mol. The van der Waals surface area contributed by atoms with Gasteiger partial charge in [-0.25, -0.2) is 4.39 Å². The Hall–Kier alpha value is -3.60. The Kier molecular flexibility index (Phi) is 6.84. The van der Waals surface area contributed by atoms with Crippen LogP contribution >= 0.6 is 11.3 Å². The van der Waals surface area contributed by atoms with Crippen molar-refractivity contribution in [2.75, 3.05) is 18.0 Å². The lowest BCUT2D eigenvalue weighted by atomic mass is 9.91. The maximum atomic E-state index is 15.3. The first-order chi connectivity index (χ1) is 21.4. The van der Waals surface area contributed by atoms with Gasteiger partial charge in [-0.3, -0.25) is 19.2 Å². The summed E-state index contributed by atoms with van der Waals surface area (Å²) in [6.45, 7) is 2.79. The smallest absolute Gasteiger partial charge is 0.268 e. The van der Waals surface area contributed by atoms with Crippen LogP contribution in [0.1, 0.15) is 73.9 Å². The number of hydrogen-bond acceptors (Lipinski definition) is 6. The van der Waals surface area contributed by atoms with Crippen LogP contribution in [0.15, 0.2) is 35.3 Å². The van der Waals surface area contributed by atoms with E-state index in [0.717, 1.165) is 67.9 Å². The van der Waals surface area contributed by atoms with E-state index in [1.807, 2.05) is 0 Å². The molecular weight excluding hydrogens is 577 g/mol. The van der Waals surface area contributed by atoms with Crippen molar-refractivity contribution in [3.63, 3.8) is 0 Å². The molecule has 2 aliphatic carbocycles. The molecule has 1 aromatic carbocycles. The van der Waals surface area contributed by atoms with Crippen molar-refractivity contribution >= 4 is 22.9 Å². The van der Waals surface area contributed by atoms with Crippen LogP contribution in [0.25, 0.3) is 11.1 Å². The number of aliphatic hydroxyl groups excluding tert-OH is 1. The van der Waals surface area contributed by atoms with Crippen LogP contribution in [-0.4, -0.2) is 49.4 Å². The molecule has 2 aliphatic heterocycles. The van der Waals surface area contributed by atoms with Gasteiger partial charge < -0.3 is 14.6 Å². The average Bonchev–Trinajstić information content (AvgIpc) is 3.69. The van der Waals surface area contributed by atoms with Gasteiger partial charge in [-0.15, -0.1) is 11.3 Å². The summed E-state index contributed by atoms with van der Waals surface area (Å²) in [7, 11) is 1.69. The van der Waals surface area contributed by atoms with Crippen LogP contribution < -0.4 is 10.5 Å². The quantitative estimate of drug-likeness (QED) is 0.344. The highest BCUT2D eigenvalue weighted by Gasteiger charge is 2.34. The minimum Gasteiger partial charge on any atom is -0.392 e. The van der Waals surface area contributed by atoms with Gasteiger partial charge in [-0.05, 0) is 91.5 Å². The largest absolute Gasteiger partial charge is 0.392 e. The number of aryl methyl sites for hydroxylation is 2. The number of hydrogen-bond donors (Lipinski definition) is 1. The van der Waals surface area contributed by atoms with E-state index in [2.05, 4.69) is 15.6 Å². The molecule has 0 saturated heterocycles. The van der Waals surface area contributed by atoms with Gasteiger partial charge >= 0.3 is 0 Å². The van der Waals surface area contributed by atoms with E-state index < -0.39 is 5.82 Å². The van der Waals surface area contributed by atoms with E-state index in [1.54, 1.807) is 35.5 Å². The third-order valence-electron chi connectivity index (χ3n) is 9.83. The molecular formula is C34H36FN5O3S. The summed E-state index contributed by atoms with van der Waals surface area (Å²) in [5.41, 5.74) is 6.90. The molecule has 0 bridgehead atoms. The topological polar surface area (TPSA) is 83.6 Å². The molecule has 3 aromatic heterocycles. The Morgan fingerprint density at radius 2 is 1.86 bits per heavy atom. The zero-order valence-electron chi connectivity index (χ0n) is 24.9. The summed E-state index contributed by atoms with van der Waals surface area (Å²) < 4.78 is 18.9. The number of halogens is 1. The molecule has 0 unspecified atom stereocenters. The highest BCUT2D eigenvalue weighted by molar-refractivity contribution is 7.14. The first-order valence-corrected chi connectivity index (χ1v) is 16.6. The Bertz CT molecular complexity index is 1870. The summed E-state index contributed by atoms with van der Waals surface area (Å²) in [6, 6.07) is 7.33.